The SMILES string of the molecule is Cc1nc(C(=O)OC(C)C)cc2c1[nH]c1ccccc12. The fourth-order valence-corrected chi connectivity index (χ4v) is 2.38. The van der Waals surface area contributed by atoms with Gasteiger partial charge in [-0.1, -0.05) is 18.2 Å². The molecule has 0 spiro atoms. The van der Waals surface area contributed by atoms with Crippen LogP contribution in [0.5, 0.6) is 0 Å². The van der Waals surface area contributed by atoms with Crippen LogP contribution in [0, 0.1) is 6.92 Å². The number of hydrogen-bond acceptors (Lipinski definition) is 3. The van der Waals surface area contributed by atoms with Gasteiger partial charge in [0, 0.05) is 16.3 Å². The second-order valence-electron chi connectivity index (χ2n) is 5.14. The number of benzene rings is 1. The number of carbonyl (C=O) groups excluding carboxylic acids is 1. The van der Waals surface area contributed by atoms with Crippen LogP contribution in [0.4, 0.5) is 0 Å². The van der Waals surface area contributed by atoms with Crippen molar-refractivity contribution in [3.63, 3.8) is 0 Å². The summed E-state index contributed by atoms with van der Waals surface area (Å²) < 4.78 is 5.22. The second kappa shape index (κ2) is 4.63. The minimum atomic E-state index is -0.379. The van der Waals surface area contributed by atoms with Crippen LogP contribution >= 0.6 is 0 Å². The predicted molar refractivity (Wildman–Crippen MR) is 78.9 cm³/mol. The average molecular weight is 268 g/mol. The van der Waals surface area contributed by atoms with Crippen LogP contribution < -0.4 is 0 Å². The third-order valence-corrected chi connectivity index (χ3v) is 3.23. The van der Waals surface area contributed by atoms with Crippen LogP contribution in [0.2, 0.25) is 0 Å². The normalized spacial score (nSPS) is 11.4. The van der Waals surface area contributed by atoms with Crippen molar-refractivity contribution in [3.8, 4) is 0 Å². The highest BCUT2D eigenvalue weighted by Gasteiger charge is 2.15. The minimum absolute atomic E-state index is 0.150. The molecule has 0 amide bonds. The fourth-order valence-electron chi connectivity index (χ4n) is 2.38. The van der Waals surface area contributed by atoms with E-state index >= 15 is 0 Å². The van der Waals surface area contributed by atoms with Crippen molar-refractivity contribution in [3.05, 3.63) is 41.7 Å². The fraction of sp³-hybridized carbons (Fsp3) is 0.250. The molecule has 0 unspecified atom stereocenters. The maximum atomic E-state index is 12.0. The van der Waals surface area contributed by atoms with Crippen molar-refractivity contribution in [1.82, 2.24) is 9.97 Å². The molecule has 102 valence electrons. The Kier molecular flexibility index (Phi) is 2.93. The summed E-state index contributed by atoms with van der Waals surface area (Å²) >= 11 is 0. The molecule has 0 aliphatic heterocycles. The highest BCUT2D eigenvalue weighted by Crippen LogP contribution is 2.27. The number of ether oxygens (including phenoxy) is 1. The number of esters is 1. The van der Waals surface area contributed by atoms with Gasteiger partial charge in [-0.2, -0.15) is 0 Å². The van der Waals surface area contributed by atoms with E-state index in [9.17, 15) is 4.79 Å². The molecule has 0 aliphatic carbocycles. The van der Waals surface area contributed by atoms with Crippen LogP contribution in [0.3, 0.4) is 0 Å². The third-order valence-electron chi connectivity index (χ3n) is 3.23. The topological polar surface area (TPSA) is 55.0 Å². The average Bonchev–Trinajstić information content (AvgIpc) is 2.77. The molecule has 1 N–H and O–H groups in total. The largest absolute Gasteiger partial charge is 0.458 e. The Morgan fingerprint density at radius 2 is 2.00 bits per heavy atom. The molecule has 0 radical (unpaired) electrons. The number of hydrogen-bond donors (Lipinski definition) is 1. The Hall–Kier alpha value is -2.36. The molecule has 0 aliphatic rings. The van der Waals surface area contributed by atoms with E-state index in [-0.39, 0.29) is 12.1 Å². The molecule has 3 rings (SSSR count). The Balaban J connectivity index is 2.22. The molecule has 0 atom stereocenters. The second-order valence-corrected chi connectivity index (χ2v) is 5.14. The first-order valence-corrected chi connectivity index (χ1v) is 6.65. The Morgan fingerprint density at radius 3 is 2.75 bits per heavy atom. The predicted octanol–water partition coefficient (Wildman–Crippen LogP) is 3.59. The zero-order valence-electron chi connectivity index (χ0n) is 11.7. The molecule has 0 bridgehead atoms. The lowest BCUT2D eigenvalue weighted by molar-refractivity contribution is 0.0371. The van der Waals surface area contributed by atoms with Crippen molar-refractivity contribution in [2.45, 2.75) is 26.9 Å². The molecular formula is C16H16N2O2. The number of rotatable bonds is 2. The summed E-state index contributed by atoms with van der Waals surface area (Å²) in [6, 6.07) is 9.81. The molecule has 0 fully saturated rings. The van der Waals surface area contributed by atoms with E-state index in [1.165, 1.54) is 0 Å². The quantitative estimate of drug-likeness (QED) is 0.723. The number of nitrogens with zero attached hydrogens (tertiary/aromatic N) is 1. The number of para-hydroxylation sites is 1. The van der Waals surface area contributed by atoms with Crippen molar-refractivity contribution in [1.29, 1.82) is 0 Å². The standard InChI is InChI=1S/C16H16N2O2/c1-9(2)20-16(19)14-8-12-11-6-4-5-7-13(11)18-15(12)10(3)17-14/h4-9,18H,1-3H3. The summed E-state index contributed by atoms with van der Waals surface area (Å²) in [5.41, 5.74) is 3.16. The van der Waals surface area contributed by atoms with Crippen LogP contribution in [-0.4, -0.2) is 22.0 Å². The number of pyridine rings is 1. The number of aromatic nitrogens is 2. The molecular weight excluding hydrogens is 252 g/mol. The Morgan fingerprint density at radius 1 is 1.25 bits per heavy atom. The highest BCUT2D eigenvalue weighted by molar-refractivity contribution is 6.09. The van der Waals surface area contributed by atoms with Gasteiger partial charge in [0.15, 0.2) is 0 Å². The maximum Gasteiger partial charge on any atom is 0.357 e. The van der Waals surface area contributed by atoms with E-state index in [2.05, 4.69) is 9.97 Å². The summed E-state index contributed by atoms with van der Waals surface area (Å²) in [5.74, 6) is -0.379. The van der Waals surface area contributed by atoms with Crippen LogP contribution in [0.15, 0.2) is 30.3 Å². The van der Waals surface area contributed by atoms with Gasteiger partial charge in [-0.05, 0) is 32.9 Å². The van der Waals surface area contributed by atoms with E-state index in [4.69, 9.17) is 4.74 Å². The molecule has 4 nitrogen and oxygen atoms in total. The first-order chi connectivity index (χ1) is 9.56. The van der Waals surface area contributed by atoms with Gasteiger partial charge >= 0.3 is 5.97 Å². The molecule has 2 heterocycles. The number of H-pyrrole nitrogens is 1. The number of aryl methyl sites for hydroxylation is 1. The van der Waals surface area contributed by atoms with Gasteiger partial charge in [0.1, 0.15) is 5.69 Å². The van der Waals surface area contributed by atoms with Crippen molar-refractivity contribution < 1.29 is 9.53 Å². The first-order valence-electron chi connectivity index (χ1n) is 6.65. The van der Waals surface area contributed by atoms with Gasteiger partial charge in [-0.15, -0.1) is 0 Å². The minimum Gasteiger partial charge on any atom is -0.458 e. The number of nitrogens with one attached hydrogen (secondary N) is 1. The van der Waals surface area contributed by atoms with Gasteiger partial charge in [-0.3, -0.25) is 0 Å². The lowest BCUT2D eigenvalue weighted by atomic mass is 10.1. The number of fused-ring (bicyclic) bond motifs is 3. The molecule has 2 aromatic heterocycles. The summed E-state index contributed by atoms with van der Waals surface area (Å²) in [6.45, 7) is 5.55. The van der Waals surface area contributed by atoms with Crippen LogP contribution in [0.1, 0.15) is 30.0 Å². The lowest BCUT2D eigenvalue weighted by Crippen LogP contribution is -2.13. The Bertz CT molecular complexity index is 803. The van der Waals surface area contributed by atoms with Gasteiger partial charge in [-0.25, -0.2) is 9.78 Å². The van der Waals surface area contributed by atoms with Crippen molar-refractivity contribution in [2.24, 2.45) is 0 Å². The van der Waals surface area contributed by atoms with Crippen LogP contribution in [0.25, 0.3) is 21.8 Å². The number of carbonyl (C=O) groups is 1. The molecule has 0 saturated carbocycles. The molecule has 1 aromatic carbocycles. The summed E-state index contributed by atoms with van der Waals surface area (Å²) in [7, 11) is 0. The highest BCUT2D eigenvalue weighted by atomic mass is 16.5. The van der Waals surface area contributed by atoms with Crippen molar-refractivity contribution >= 4 is 27.8 Å². The van der Waals surface area contributed by atoms with Gasteiger partial charge < -0.3 is 9.72 Å². The summed E-state index contributed by atoms with van der Waals surface area (Å²) in [6.07, 6.45) is -0.150. The summed E-state index contributed by atoms with van der Waals surface area (Å²) in [5, 5.41) is 2.09. The zero-order chi connectivity index (χ0) is 14.3. The zero-order valence-corrected chi connectivity index (χ0v) is 11.7. The third kappa shape index (κ3) is 2.03. The molecule has 20 heavy (non-hydrogen) atoms. The van der Waals surface area contributed by atoms with E-state index in [0.717, 1.165) is 27.5 Å². The molecule has 0 saturated heterocycles. The smallest absolute Gasteiger partial charge is 0.357 e. The lowest BCUT2D eigenvalue weighted by Gasteiger charge is -2.08. The molecule has 4 heteroatoms. The van der Waals surface area contributed by atoms with Gasteiger partial charge in [0.25, 0.3) is 0 Å². The van der Waals surface area contributed by atoms with E-state index in [1.807, 2.05) is 45.0 Å². The van der Waals surface area contributed by atoms with Crippen LogP contribution in [-0.2, 0) is 4.74 Å². The monoisotopic (exact) mass is 268 g/mol. The molecule has 3 aromatic rings. The summed E-state index contributed by atoms with van der Waals surface area (Å²) in [4.78, 5) is 19.7. The van der Waals surface area contributed by atoms with E-state index in [1.54, 1.807) is 6.07 Å². The van der Waals surface area contributed by atoms with E-state index < -0.39 is 0 Å². The first kappa shape index (κ1) is 12.7. The maximum absolute atomic E-state index is 12.0. The van der Waals surface area contributed by atoms with Gasteiger partial charge in [0.2, 0.25) is 0 Å². The van der Waals surface area contributed by atoms with Gasteiger partial charge in [0.05, 0.1) is 17.3 Å². The van der Waals surface area contributed by atoms with Crippen molar-refractivity contribution in [2.75, 3.05) is 0 Å². The Labute approximate surface area is 116 Å². The van der Waals surface area contributed by atoms with E-state index in [0.29, 0.717) is 5.69 Å². The number of aromatic amines is 1.